The van der Waals surface area contributed by atoms with Gasteiger partial charge in [0, 0.05) is 6.42 Å². The molecule has 0 bridgehead atoms. The van der Waals surface area contributed by atoms with E-state index in [1.54, 1.807) is 36.4 Å². The molecule has 0 spiro atoms. The number of halogens is 2. The van der Waals surface area contributed by atoms with E-state index in [9.17, 15) is 14.3 Å². The number of thioether (sulfide) groups is 1. The first-order valence-electron chi connectivity index (χ1n) is 9.15. The normalized spacial score (nSPS) is 11.5. The minimum atomic E-state index is -1.06. The van der Waals surface area contributed by atoms with Gasteiger partial charge in [-0.3, -0.25) is 5.10 Å². The number of nitrogens with one attached hydrogen (secondary N) is 1. The third-order valence-electron chi connectivity index (χ3n) is 3.97. The van der Waals surface area contributed by atoms with Crippen LogP contribution in [0.5, 0.6) is 5.75 Å². The molecule has 6 nitrogen and oxygen atoms in total. The van der Waals surface area contributed by atoms with Crippen molar-refractivity contribution in [3.05, 3.63) is 74.6 Å². The van der Waals surface area contributed by atoms with E-state index in [-0.39, 0.29) is 17.3 Å². The number of aliphatic carboxylic acids is 1. The Balaban J connectivity index is 1.71. The largest absolute Gasteiger partial charge is 0.488 e. The number of aromatic nitrogens is 3. The Labute approximate surface area is 185 Å². The third kappa shape index (κ3) is 6.17. The highest BCUT2D eigenvalue weighted by atomic mass is 79.9. The van der Waals surface area contributed by atoms with E-state index in [1.165, 1.54) is 12.1 Å². The van der Waals surface area contributed by atoms with Crippen LogP contribution >= 0.6 is 27.7 Å². The Morgan fingerprint density at radius 3 is 2.73 bits per heavy atom. The van der Waals surface area contributed by atoms with E-state index in [1.807, 2.05) is 6.92 Å². The van der Waals surface area contributed by atoms with Gasteiger partial charge >= 0.3 is 5.97 Å². The number of nitrogens with zero attached hydrogens (tertiary/aromatic N) is 2. The monoisotopic (exact) mass is 491 g/mol. The number of rotatable bonds is 9. The van der Waals surface area contributed by atoms with Crippen LogP contribution < -0.4 is 4.74 Å². The summed E-state index contributed by atoms with van der Waals surface area (Å²) in [7, 11) is 0. The summed E-state index contributed by atoms with van der Waals surface area (Å²) in [6, 6.07) is 11.4. The highest BCUT2D eigenvalue weighted by molar-refractivity contribution is 9.10. The summed E-state index contributed by atoms with van der Waals surface area (Å²) in [5.74, 6) is -0.0290. The van der Waals surface area contributed by atoms with Gasteiger partial charge in [0.25, 0.3) is 0 Å². The number of aromatic amines is 1. The van der Waals surface area contributed by atoms with Crippen LogP contribution in [0.1, 0.15) is 30.3 Å². The van der Waals surface area contributed by atoms with Crippen molar-refractivity contribution in [2.24, 2.45) is 0 Å². The molecular weight excluding hydrogens is 473 g/mol. The van der Waals surface area contributed by atoms with Crippen LogP contribution in [-0.4, -0.2) is 26.3 Å². The number of H-pyrrole nitrogens is 1. The van der Waals surface area contributed by atoms with Crippen LogP contribution in [0.4, 0.5) is 4.39 Å². The minimum Gasteiger partial charge on any atom is -0.488 e. The Bertz CT molecular complexity index is 1050. The molecule has 1 aromatic heterocycles. The minimum absolute atomic E-state index is 0.101. The molecule has 0 atom stereocenters. The molecule has 0 aliphatic rings. The van der Waals surface area contributed by atoms with Crippen molar-refractivity contribution < 1.29 is 19.0 Å². The molecule has 0 radical (unpaired) electrons. The number of hydrogen-bond acceptors (Lipinski definition) is 5. The lowest BCUT2D eigenvalue weighted by Crippen LogP contribution is -1.98. The van der Waals surface area contributed by atoms with Crippen LogP contribution in [-0.2, 0) is 17.8 Å². The smallest absolute Gasteiger partial charge is 0.342 e. The van der Waals surface area contributed by atoms with Crippen LogP contribution in [0, 0.1) is 5.82 Å². The van der Waals surface area contributed by atoms with Crippen molar-refractivity contribution in [2.75, 3.05) is 0 Å². The molecule has 0 saturated carbocycles. The van der Waals surface area contributed by atoms with Gasteiger partial charge in [-0.2, -0.15) is 0 Å². The zero-order valence-corrected chi connectivity index (χ0v) is 18.5. The molecule has 0 saturated heterocycles. The van der Waals surface area contributed by atoms with Crippen molar-refractivity contribution in [1.82, 2.24) is 15.2 Å². The maximum absolute atomic E-state index is 13.0. The fourth-order valence-corrected chi connectivity index (χ4v) is 3.76. The maximum Gasteiger partial charge on any atom is 0.342 e. The lowest BCUT2D eigenvalue weighted by molar-refractivity contribution is -0.131. The number of carboxylic acids is 1. The highest BCUT2D eigenvalue weighted by Crippen LogP contribution is 2.30. The lowest BCUT2D eigenvalue weighted by Gasteiger charge is -2.09. The molecule has 3 aromatic rings. The first-order chi connectivity index (χ1) is 14.4. The summed E-state index contributed by atoms with van der Waals surface area (Å²) in [5, 5.41) is 16.8. The standard InChI is InChI=1S/C21H19BrFN3O3S/c1-2-3-19-24-21(26-25-19)30-18(20(27)28)11-14-6-9-17(16(22)10-14)29-12-13-4-7-15(23)8-5-13/h4-11H,2-3,12H2,1H3,(H,27,28)(H,24,25,26)/b18-11-. The van der Waals surface area contributed by atoms with Crippen molar-refractivity contribution in [3.63, 3.8) is 0 Å². The van der Waals surface area contributed by atoms with Crippen molar-refractivity contribution in [1.29, 1.82) is 0 Å². The molecule has 2 N–H and O–H groups in total. The summed E-state index contributed by atoms with van der Waals surface area (Å²) in [6.45, 7) is 2.32. The highest BCUT2D eigenvalue weighted by Gasteiger charge is 2.14. The van der Waals surface area contributed by atoms with Gasteiger partial charge in [-0.05, 0) is 75.6 Å². The second kappa shape index (κ2) is 10.4. The van der Waals surface area contributed by atoms with E-state index in [2.05, 4.69) is 31.1 Å². The summed E-state index contributed by atoms with van der Waals surface area (Å²) in [5.41, 5.74) is 1.52. The number of carboxylic acid groups (broad SMARTS) is 1. The Morgan fingerprint density at radius 1 is 1.30 bits per heavy atom. The fourth-order valence-electron chi connectivity index (χ4n) is 2.52. The second-order valence-corrected chi connectivity index (χ2v) is 8.20. The van der Waals surface area contributed by atoms with E-state index in [4.69, 9.17) is 4.74 Å². The van der Waals surface area contributed by atoms with Gasteiger partial charge in [0.05, 0.1) is 4.47 Å². The van der Waals surface area contributed by atoms with Gasteiger partial charge < -0.3 is 9.84 Å². The third-order valence-corrected chi connectivity index (χ3v) is 5.47. The number of ether oxygens (including phenoxy) is 1. The molecule has 3 rings (SSSR count). The van der Waals surface area contributed by atoms with Crippen molar-refractivity contribution in [3.8, 4) is 5.75 Å². The average molecular weight is 492 g/mol. The molecule has 0 aliphatic carbocycles. The van der Waals surface area contributed by atoms with Crippen molar-refractivity contribution >= 4 is 39.7 Å². The van der Waals surface area contributed by atoms with Crippen molar-refractivity contribution in [2.45, 2.75) is 31.5 Å². The summed E-state index contributed by atoms with van der Waals surface area (Å²) < 4.78 is 19.4. The van der Waals surface area contributed by atoms with Gasteiger partial charge in [-0.15, -0.1) is 5.10 Å². The topological polar surface area (TPSA) is 88.1 Å². The Morgan fingerprint density at radius 2 is 2.07 bits per heavy atom. The van der Waals surface area contributed by atoms with E-state index < -0.39 is 5.97 Å². The maximum atomic E-state index is 13.0. The van der Waals surface area contributed by atoms with Crippen LogP contribution in [0.25, 0.3) is 6.08 Å². The molecule has 2 aromatic carbocycles. The molecule has 30 heavy (non-hydrogen) atoms. The molecule has 0 aliphatic heterocycles. The zero-order valence-electron chi connectivity index (χ0n) is 16.1. The average Bonchev–Trinajstić information content (AvgIpc) is 3.15. The van der Waals surface area contributed by atoms with Gasteiger partial charge in [-0.1, -0.05) is 25.1 Å². The fraction of sp³-hybridized carbons (Fsp3) is 0.190. The van der Waals surface area contributed by atoms with E-state index in [0.717, 1.165) is 36.0 Å². The Kier molecular flexibility index (Phi) is 7.64. The van der Waals surface area contributed by atoms with E-state index >= 15 is 0 Å². The summed E-state index contributed by atoms with van der Waals surface area (Å²) >= 11 is 4.44. The van der Waals surface area contributed by atoms with Crippen LogP contribution in [0.3, 0.4) is 0 Å². The summed E-state index contributed by atoms with van der Waals surface area (Å²) in [4.78, 5) is 16.1. The SMILES string of the molecule is CCCc1nc(S/C(=C\c2ccc(OCc3ccc(F)cc3)c(Br)c2)C(=O)O)n[nH]1. The van der Waals surface area contributed by atoms with Crippen LogP contribution in [0.15, 0.2) is 57.0 Å². The number of carbonyl (C=O) groups is 1. The molecular formula is C21H19BrFN3O3S. The number of hydrogen-bond donors (Lipinski definition) is 2. The van der Waals surface area contributed by atoms with Crippen LogP contribution in [0.2, 0.25) is 0 Å². The quantitative estimate of drug-likeness (QED) is 0.305. The van der Waals surface area contributed by atoms with Gasteiger partial charge in [-0.25, -0.2) is 14.2 Å². The van der Waals surface area contributed by atoms with Gasteiger partial charge in [0.15, 0.2) is 0 Å². The molecule has 0 fully saturated rings. The second-order valence-electron chi connectivity index (χ2n) is 6.34. The molecule has 0 amide bonds. The zero-order chi connectivity index (χ0) is 21.5. The van der Waals surface area contributed by atoms with Gasteiger partial charge in [0.2, 0.25) is 5.16 Å². The summed E-state index contributed by atoms with van der Waals surface area (Å²) in [6.07, 6.45) is 3.23. The number of benzene rings is 2. The molecule has 1 heterocycles. The predicted octanol–water partition coefficient (Wildman–Crippen LogP) is 5.46. The number of aryl methyl sites for hydroxylation is 1. The molecule has 0 unspecified atom stereocenters. The van der Waals surface area contributed by atoms with Gasteiger partial charge in [0.1, 0.15) is 28.9 Å². The molecule has 156 valence electrons. The Hall–Kier alpha value is -2.65. The first-order valence-corrected chi connectivity index (χ1v) is 10.8. The predicted molar refractivity (Wildman–Crippen MR) is 117 cm³/mol. The lowest BCUT2D eigenvalue weighted by atomic mass is 10.2. The first kappa shape index (κ1) is 22.0. The molecule has 9 heteroatoms. The van der Waals surface area contributed by atoms with E-state index in [0.29, 0.717) is 20.9 Å².